The first-order chi connectivity index (χ1) is 15.7. The van der Waals surface area contributed by atoms with E-state index in [2.05, 4.69) is 46.0 Å². The van der Waals surface area contributed by atoms with Gasteiger partial charge in [-0.3, -0.25) is 14.6 Å². The molecule has 4 aromatic rings. The second-order valence-electron chi connectivity index (χ2n) is 8.44. The zero-order chi connectivity index (χ0) is 21.9. The van der Waals surface area contributed by atoms with Crippen LogP contribution in [-0.4, -0.2) is 58.7 Å². The molecule has 32 heavy (non-hydrogen) atoms. The van der Waals surface area contributed by atoms with Gasteiger partial charge in [0, 0.05) is 37.6 Å². The van der Waals surface area contributed by atoms with Gasteiger partial charge in [-0.15, -0.1) is 0 Å². The van der Waals surface area contributed by atoms with Gasteiger partial charge in [-0.25, -0.2) is 4.98 Å². The van der Waals surface area contributed by atoms with Crippen LogP contribution in [0.2, 0.25) is 0 Å². The highest BCUT2D eigenvalue weighted by Gasteiger charge is 2.21. The Morgan fingerprint density at radius 1 is 1.06 bits per heavy atom. The maximum absolute atomic E-state index is 12.8. The molecule has 1 unspecified atom stereocenters. The Balaban J connectivity index is 1.44. The van der Waals surface area contributed by atoms with E-state index in [1.54, 1.807) is 0 Å². The summed E-state index contributed by atoms with van der Waals surface area (Å²) in [6.07, 6.45) is 0. The second kappa shape index (κ2) is 9.24. The van der Waals surface area contributed by atoms with Crippen molar-refractivity contribution in [3.8, 4) is 0 Å². The van der Waals surface area contributed by atoms with Crippen LogP contribution in [0, 0.1) is 0 Å². The van der Waals surface area contributed by atoms with Gasteiger partial charge in [0.25, 0.3) is 5.56 Å². The maximum Gasteiger partial charge on any atom is 0.294 e. The number of nitrogens with zero attached hydrogens (tertiary/aromatic N) is 3. The van der Waals surface area contributed by atoms with Crippen LogP contribution in [0.25, 0.3) is 22.1 Å². The molecule has 0 radical (unpaired) electrons. The minimum atomic E-state index is -0.235. The van der Waals surface area contributed by atoms with Gasteiger partial charge in [-0.05, 0) is 24.6 Å². The van der Waals surface area contributed by atoms with Gasteiger partial charge in [-0.1, -0.05) is 42.5 Å². The van der Waals surface area contributed by atoms with Crippen molar-refractivity contribution in [2.45, 2.75) is 26.1 Å². The SMILES string of the molecule is CC(CN1CCOCC1)N(Cc1ccccc1)Cc1nc2c(oc3ccccc32)c(=O)[nH]1. The summed E-state index contributed by atoms with van der Waals surface area (Å²) in [4.78, 5) is 25.3. The first-order valence-electron chi connectivity index (χ1n) is 11.2. The molecule has 7 nitrogen and oxygen atoms in total. The van der Waals surface area contributed by atoms with E-state index in [9.17, 15) is 4.79 Å². The van der Waals surface area contributed by atoms with Crippen LogP contribution >= 0.6 is 0 Å². The number of H-pyrrole nitrogens is 1. The summed E-state index contributed by atoms with van der Waals surface area (Å²) in [5, 5.41) is 0.867. The molecule has 1 aliphatic heterocycles. The summed E-state index contributed by atoms with van der Waals surface area (Å²) in [5.41, 5.74) is 2.59. The van der Waals surface area contributed by atoms with Crippen molar-refractivity contribution in [2.75, 3.05) is 32.8 Å². The fraction of sp³-hybridized carbons (Fsp3) is 0.360. The summed E-state index contributed by atoms with van der Waals surface area (Å²) in [5.74, 6) is 0.652. The number of rotatable bonds is 7. The molecule has 1 fully saturated rings. The number of ether oxygens (including phenoxy) is 1. The number of hydrogen-bond donors (Lipinski definition) is 1. The number of morpholine rings is 1. The van der Waals surface area contributed by atoms with Crippen LogP contribution in [-0.2, 0) is 17.8 Å². The standard InChI is InChI=1S/C25H28N4O3/c1-18(15-28-11-13-31-14-12-28)29(16-19-7-3-2-4-8-19)17-22-26-23-20-9-5-6-10-21(20)32-24(23)25(30)27-22/h2-10,18H,11-17H2,1H3,(H,26,27,30). The normalized spacial score (nSPS) is 16.2. The van der Waals surface area contributed by atoms with Gasteiger partial charge in [0.15, 0.2) is 0 Å². The highest BCUT2D eigenvalue weighted by atomic mass is 16.5. The van der Waals surface area contributed by atoms with Gasteiger partial charge < -0.3 is 14.1 Å². The lowest BCUT2D eigenvalue weighted by Gasteiger charge is -2.34. The molecule has 1 aliphatic rings. The number of para-hydroxylation sites is 1. The molecule has 2 aromatic heterocycles. The van der Waals surface area contributed by atoms with Crippen molar-refractivity contribution >= 4 is 22.1 Å². The van der Waals surface area contributed by atoms with E-state index in [4.69, 9.17) is 14.1 Å². The van der Waals surface area contributed by atoms with Gasteiger partial charge in [0.2, 0.25) is 5.58 Å². The average molecular weight is 433 g/mol. The third kappa shape index (κ3) is 4.46. The number of aromatic nitrogens is 2. The quantitative estimate of drug-likeness (QED) is 0.483. The highest BCUT2D eigenvalue weighted by molar-refractivity contribution is 6.01. The lowest BCUT2D eigenvalue weighted by Crippen LogP contribution is -2.46. The Bertz CT molecular complexity index is 1240. The summed E-state index contributed by atoms with van der Waals surface area (Å²) in [7, 11) is 0. The van der Waals surface area contributed by atoms with Crippen molar-refractivity contribution in [3.05, 3.63) is 76.3 Å². The molecule has 0 saturated carbocycles. The Morgan fingerprint density at radius 2 is 1.81 bits per heavy atom. The predicted octanol–water partition coefficient (Wildman–Crippen LogP) is 3.39. The first kappa shape index (κ1) is 20.9. The van der Waals surface area contributed by atoms with Gasteiger partial charge in [0.05, 0.1) is 19.8 Å². The maximum atomic E-state index is 12.8. The number of fused-ring (bicyclic) bond motifs is 3. The monoisotopic (exact) mass is 432 g/mol. The molecule has 0 aliphatic carbocycles. The molecule has 1 N–H and O–H groups in total. The summed E-state index contributed by atoms with van der Waals surface area (Å²) in [6, 6.07) is 18.3. The molecule has 0 spiro atoms. The van der Waals surface area contributed by atoms with Crippen LogP contribution in [0.5, 0.6) is 0 Å². The summed E-state index contributed by atoms with van der Waals surface area (Å²) < 4.78 is 11.2. The molecule has 0 amide bonds. The van der Waals surface area contributed by atoms with Crippen LogP contribution in [0.3, 0.4) is 0 Å². The van der Waals surface area contributed by atoms with E-state index in [0.717, 1.165) is 44.8 Å². The number of benzene rings is 2. The number of nitrogens with one attached hydrogen (secondary N) is 1. The smallest absolute Gasteiger partial charge is 0.294 e. The minimum absolute atomic E-state index is 0.235. The lowest BCUT2D eigenvalue weighted by atomic mass is 10.1. The van der Waals surface area contributed by atoms with Crippen molar-refractivity contribution in [1.82, 2.24) is 19.8 Å². The fourth-order valence-electron chi connectivity index (χ4n) is 4.37. The topological polar surface area (TPSA) is 74.6 Å². The number of furan rings is 1. The van der Waals surface area contributed by atoms with E-state index < -0.39 is 0 Å². The number of aromatic amines is 1. The van der Waals surface area contributed by atoms with E-state index in [0.29, 0.717) is 23.5 Å². The Hall–Kier alpha value is -3.00. The molecule has 166 valence electrons. The van der Waals surface area contributed by atoms with Gasteiger partial charge in [-0.2, -0.15) is 0 Å². The zero-order valence-corrected chi connectivity index (χ0v) is 18.3. The third-order valence-corrected chi connectivity index (χ3v) is 6.11. The van der Waals surface area contributed by atoms with Crippen molar-refractivity contribution in [2.24, 2.45) is 0 Å². The van der Waals surface area contributed by atoms with Crippen molar-refractivity contribution in [1.29, 1.82) is 0 Å². The fourth-order valence-corrected chi connectivity index (χ4v) is 4.37. The van der Waals surface area contributed by atoms with Crippen LogP contribution < -0.4 is 5.56 Å². The second-order valence-corrected chi connectivity index (χ2v) is 8.44. The largest absolute Gasteiger partial charge is 0.449 e. The predicted molar refractivity (Wildman–Crippen MR) is 125 cm³/mol. The van der Waals surface area contributed by atoms with Gasteiger partial charge in [0.1, 0.15) is 16.9 Å². The third-order valence-electron chi connectivity index (χ3n) is 6.11. The van der Waals surface area contributed by atoms with E-state index in [-0.39, 0.29) is 17.2 Å². The molecule has 7 heteroatoms. The molecule has 0 bridgehead atoms. The van der Waals surface area contributed by atoms with Crippen LogP contribution in [0.15, 0.2) is 63.8 Å². The van der Waals surface area contributed by atoms with Crippen molar-refractivity contribution in [3.63, 3.8) is 0 Å². The van der Waals surface area contributed by atoms with Crippen LogP contribution in [0.1, 0.15) is 18.3 Å². The summed E-state index contributed by atoms with van der Waals surface area (Å²) in [6.45, 7) is 7.97. The summed E-state index contributed by atoms with van der Waals surface area (Å²) >= 11 is 0. The van der Waals surface area contributed by atoms with Crippen LogP contribution in [0.4, 0.5) is 0 Å². The lowest BCUT2D eigenvalue weighted by molar-refractivity contribution is 0.0223. The Morgan fingerprint density at radius 3 is 2.62 bits per heavy atom. The molecule has 1 saturated heterocycles. The Kier molecular flexibility index (Phi) is 6.03. The number of hydrogen-bond acceptors (Lipinski definition) is 6. The minimum Gasteiger partial charge on any atom is -0.449 e. The molecule has 1 atom stereocenters. The van der Waals surface area contributed by atoms with Crippen molar-refractivity contribution < 1.29 is 9.15 Å². The molecule has 5 rings (SSSR count). The highest BCUT2D eigenvalue weighted by Crippen LogP contribution is 2.25. The van der Waals surface area contributed by atoms with E-state index in [1.165, 1.54) is 5.56 Å². The van der Waals surface area contributed by atoms with E-state index in [1.807, 2.05) is 30.3 Å². The molecule has 3 heterocycles. The molecule has 2 aromatic carbocycles. The first-order valence-corrected chi connectivity index (χ1v) is 11.2. The zero-order valence-electron chi connectivity index (χ0n) is 18.3. The Labute approximate surface area is 186 Å². The van der Waals surface area contributed by atoms with Gasteiger partial charge >= 0.3 is 0 Å². The van der Waals surface area contributed by atoms with E-state index >= 15 is 0 Å². The molecular weight excluding hydrogens is 404 g/mol. The molecular formula is C25H28N4O3. The average Bonchev–Trinajstić information content (AvgIpc) is 3.19.